The van der Waals surface area contributed by atoms with Crippen molar-refractivity contribution in [2.75, 3.05) is 40.0 Å². The lowest BCUT2D eigenvalue weighted by atomic mass is 10.1. The summed E-state index contributed by atoms with van der Waals surface area (Å²) in [6, 6.07) is 5.56. The van der Waals surface area contributed by atoms with Gasteiger partial charge in [-0.2, -0.15) is 4.98 Å². The number of benzene rings is 1. The molecule has 0 atom stereocenters. The van der Waals surface area contributed by atoms with Crippen LogP contribution < -0.4 is 5.56 Å². The fourth-order valence-electron chi connectivity index (χ4n) is 4.03. The first-order valence-corrected chi connectivity index (χ1v) is 11.2. The van der Waals surface area contributed by atoms with Crippen molar-refractivity contribution in [1.29, 1.82) is 0 Å². The average molecular weight is 473 g/mol. The van der Waals surface area contributed by atoms with Crippen LogP contribution in [0.5, 0.6) is 0 Å². The fourth-order valence-corrected chi connectivity index (χ4v) is 4.30. The Kier molecular flexibility index (Phi) is 5.69. The molecule has 3 aromatic heterocycles. The minimum Gasteiger partial charge on any atom is -0.379 e. The van der Waals surface area contributed by atoms with Crippen LogP contribution in [-0.4, -0.2) is 69.0 Å². The topological polar surface area (TPSA) is 99.9 Å². The van der Waals surface area contributed by atoms with Gasteiger partial charge in [0, 0.05) is 33.3 Å². The summed E-state index contributed by atoms with van der Waals surface area (Å²) >= 11 is 6.57. The van der Waals surface area contributed by atoms with E-state index in [2.05, 4.69) is 20.0 Å². The molecule has 0 spiro atoms. The third-order valence-corrected chi connectivity index (χ3v) is 6.42. The zero-order valence-electron chi connectivity index (χ0n) is 18.7. The molecule has 1 fully saturated rings. The van der Waals surface area contributed by atoms with Crippen LogP contribution in [0.3, 0.4) is 0 Å². The van der Waals surface area contributed by atoms with Gasteiger partial charge >= 0.3 is 0 Å². The van der Waals surface area contributed by atoms with E-state index in [-0.39, 0.29) is 11.4 Å². The molecule has 33 heavy (non-hydrogen) atoms. The SMILES string of the molecule is COC(C)(C)c1nc(-c2ncn3c2c(=O)n(CCN2CCOCC2)c2c(Cl)cccc23)no1. The maximum Gasteiger partial charge on any atom is 0.277 e. The second kappa shape index (κ2) is 8.53. The van der Waals surface area contributed by atoms with Crippen molar-refractivity contribution in [3.8, 4) is 11.5 Å². The van der Waals surface area contributed by atoms with E-state index >= 15 is 0 Å². The summed E-state index contributed by atoms with van der Waals surface area (Å²) in [5.74, 6) is 0.536. The molecular formula is C22H25ClN6O4. The Balaban J connectivity index is 1.66. The largest absolute Gasteiger partial charge is 0.379 e. The predicted octanol–water partition coefficient (Wildman–Crippen LogP) is 2.57. The Morgan fingerprint density at radius 2 is 1.97 bits per heavy atom. The molecule has 1 aromatic carbocycles. The quantitative estimate of drug-likeness (QED) is 0.422. The van der Waals surface area contributed by atoms with E-state index in [4.69, 9.17) is 25.6 Å². The normalized spacial score (nSPS) is 15.6. The van der Waals surface area contributed by atoms with Crippen LogP contribution in [0.15, 0.2) is 33.8 Å². The van der Waals surface area contributed by atoms with Crippen LogP contribution in [0.2, 0.25) is 5.02 Å². The first-order chi connectivity index (χ1) is 15.9. The number of methoxy groups -OCH3 is 1. The van der Waals surface area contributed by atoms with Crippen LogP contribution in [0.25, 0.3) is 28.1 Å². The van der Waals surface area contributed by atoms with E-state index in [9.17, 15) is 4.79 Å². The highest BCUT2D eigenvalue weighted by Gasteiger charge is 2.29. The molecule has 0 unspecified atom stereocenters. The third-order valence-electron chi connectivity index (χ3n) is 6.12. The molecule has 11 heteroatoms. The fraction of sp³-hybridized carbons (Fsp3) is 0.455. The molecule has 0 aliphatic carbocycles. The first kappa shape index (κ1) is 22.0. The molecule has 1 saturated heterocycles. The number of halogens is 1. The number of nitrogens with zero attached hydrogens (tertiary/aromatic N) is 6. The summed E-state index contributed by atoms with van der Waals surface area (Å²) in [5, 5.41) is 4.58. The van der Waals surface area contributed by atoms with Gasteiger partial charge in [0.2, 0.25) is 5.82 Å². The van der Waals surface area contributed by atoms with E-state index in [0.29, 0.717) is 53.9 Å². The van der Waals surface area contributed by atoms with Crippen molar-refractivity contribution in [2.45, 2.75) is 26.0 Å². The van der Waals surface area contributed by atoms with Gasteiger partial charge in [0.15, 0.2) is 0 Å². The lowest BCUT2D eigenvalue weighted by molar-refractivity contribution is -0.00786. The average Bonchev–Trinajstić information content (AvgIpc) is 3.48. The molecule has 5 rings (SSSR count). The van der Waals surface area contributed by atoms with Gasteiger partial charge in [-0.15, -0.1) is 0 Å². The van der Waals surface area contributed by atoms with Crippen LogP contribution >= 0.6 is 11.6 Å². The number of para-hydroxylation sites is 1. The maximum atomic E-state index is 13.8. The van der Waals surface area contributed by atoms with Crippen molar-refractivity contribution in [2.24, 2.45) is 0 Å². The van der Waals surface area contributed by atoms with Crippen LogP contribution in [0.4, 0.5) is 0 Å². The summed E-state index contributed by atoms with van der Waals surface area (Å²) in [4.78, 5) is 25.0. The second-order valence-corrected chi connectivity index (χ2v) is 8.87. The Bertz CT molecular complexity index is 1370. The van der Waals surface area contributed by atoms with Crippen molar-refractivity contribution in [3.63, 3.8) is 0 Å². The zero-order valence-corrected chi connectivity index (χ0v) is 19.5. The monoisotopic (exact) mass is 472 g/mol. The number of hydrogen-bond acceptors (Lipinski definition) is 8. The summed E-state index contributed by atoms with van der Waals surface area (Å²) in [6.45, 7) is 7.89. The number of ether oxygens (including phenoxy) is 2. The van der Waals surface area contributed by atoms with Gasteiger partial charge in [-0.3, -0.25) is 14.1 Å². The predicted molar refractivity (Wildman–Crippen MR) is 123 cm³/mol. The summed E-state index contributed by atoms with van der Waals surface area (Å²) < 4.78 is 19.7. The summed E-state index contributed by atoms with van der Waals surface area (Å²) in [7, 11) is 1.57. The number of rotatable bonds is 6. The highest BCUT2D eigenvalue weighted by Crippen LogP contribution is 2.28. The smallest absolute Gasteiger partial charge is 0.277 e. The number of fused-ring (bicyclic) bond motifs is 3. The lowest BCUT2D eigenvalue weighted by Crippen LogP contribution is -2.39. The first-order valence-electron chi connectivity index (χ1n) is 10.8. The minimum atomic E-state index is -0.765. The summed E-state index contributed by atoms with van der Waals surface area (Å²) in [5.41, 5.74) is 1.19. The van der Waals surface area contributed by atoms with E-state index in [0.717, 1.165) is 18.6 Å². The van der Waals surface area contributed by atoms with Crippen molar-refractivity contribution < 1.29 is 14.0 Å². The highest BCUT2D eigenvalue weighted by atomic mass is 35.5. The number of morpholine rings is 1. The van der Waals surface area contributed by atoms with Crippen molar-refractivity contribution in [3.05, 3.63) is 45.8 Å². The Morgan fingerprint density at radius 1 is 1.18 bits per heavy atom. The van der Waals surface area contributed by atoms with E-state index in [1.54, 1.807) is 28.5 Å². The van der Waals surface area contributed by atoms with Gasteiger partial charge < -0.3 is 18.6 Å². The Morgan fingerprint density at radius 3 is 2.73 bits per heavy atom. The van der Waals surface area contributed by atoms with Crippen molar-refractivity contribution >= 4 is 28.2 Å². The van der Waals surface area contributed by atoms with Gasteiger partial charge in [-0.05, 0) is 26.0 Å². The summed E-state index contributed by atoms with van der Waals surface area (Å²) in [6.07, 6.45) is 1.59. The van der Waals surface area contributed by atoms with Crippen LogP contribution in [0.1, 0.15) is 19.7 Å². The molecule has 1 aliphatic rings. The van der Waals surface area contributed by atoms with Gasteiger partial charge in [0.25, 0.3) is 11.4 Å². The Hall–Kier alpha value is -2.79. The minimum absolute atomic E-state index is 0.214. The molecule has 0 bridgehead atoms. The number of hydrogen-bond donors (Lipinski definition) is 0. The molecule has 10 nitrogen and oxygen atoms in total. The van der Waals surface area contributed by atoms with Gasteiger partial charge in [0.1, 0.15) is 23.1 Å². The number of aromatic nitrogens is 5. The zero-order chi connectivity index (χ0) is 23.2. The number of imidazole rings is 1. The lowest BCUT2D eigenvalue weighted by Gasteiger charge is -2.27. The molecule has 0 amide bonds. The Labute approximate surface area is 194 Å². The van der Waals surface area contributed by atoms with E-state index in [1.807, 2.05) is 26.0 Å². The van der Waals surface area contributed by atoms with Crippen molar-refractivity contribution in [1.82, 2.24) is 29.0 Å². The molecule has 0 N–H and O–H groups in total. The van der Waals surface area contributed by atoms with Gasteiger partial charge in [0.05, 0.1) is 29.3 Å². The van der Waals surface area contributed by atoms with Gasteiger partial charge in [-0.1, -0.05) is 22.8 Å². The molecule has 0 radical (unpaired) electrons. The highest BCUT2D eigenvalue weighted by molar-refractivity contribution is 6.35. The van der Waals surface area contributed by atoms with Crippen LogP contribution in [0, 0.1) is 0 Å². The molecule has 174 valence electrons. The molecule has 1 aliphatic heterocycles. The maximum absolute atomic E-state index is 13.8. The van der Waals surface area contributed by atoms with E-state index in [1.165, 1.54) is 0 Å². The second-order valence-electron chi connectivity index (χ2n) is 8.47. The standard InChI is InChI=1S/C22H25ClN6O4/c1-22(2,31-3)21-25-19(26-33-21)16-18-20(30)28(8-7-27-9-11-32-12-10-27)17-14(23)5-4-6-15(17)29(18)13-24-16/h4-6,13H,7-12H2,1-3H3. The van der Waals surface area contributed by atoms with Gasteiger partial charge in [-0.25, -0.2) is 4.98 Å². The molecule has 4 aromatic rings. The van der Waals surface area contributed by atoms with E-state index < -0.39 is 5.60 Å². The molecule has 0 saturated carbocycles. The van der Waals surface area contributed by atoms with Crippen LogP contribution in [-0.2, 0) is 21.6 Å². The molecular weight excluding hydrogens is 448 g/mol. The molecule has 4 heterocycles. The third kappa shape index (κ3) is 3.82.